The van der Waals surface area contributed by atoms with Crippen LogP contribution >= 0.6 is 0 Å². The van der Waals surface area contributed by atoms with E-state index >= 15 is 0 Å². The predicted molar refractivity (Wildman–Crippen MR) is 220 cm³/mol. The third-order valence-electron chi connectivity index (χ3n) is 10.0. The Morgan fingerprint density at radius 2 is 0.704 bits per heavy atom. The van der Waals surface area contributed by atoms with Gasteiger partial charge in [-0.2, -0.15) is 57.0 Å². The summed E-state index contributed by atoms with van der Waals surface area (Å²) < 4.78 is 0. The molecular weight excluding hydrogens is 843 g/mol. The molecule has 0 bridgehead atoms. The maximum atomic E-state index is 3.61. The topological polar surface area (TPSA) is 25.9 Å². The van der Waals surface area contributed by atoms with Crippen LogP contribution in [0.15, 0.2) is 133 Å². The van der Waals surface area contributed by atoms with Gasteiger partial charge in [-0.05, 0) is 83.3 Å². The van der Waals surface area contributed by atoms with Gasteiger partial charge >= 0.3 is 19.8 Å². The van der Waals surface area contributed by atoms with Crippen LogP contribution in [-0.2, 0) is 26.3 Å². The minimum absolute atomic E-state index is 0. The molecule has 0 atom stereocenters. The summed E-state index contributed by atoms with van der Waals surface area (Å²) >= 11 is 0. The molecule has 268 valence electrons. The summed E-state index contributed by atoms with van der Waals surface area (Å²) in [6.45, 7) is 9.27. The standard InChI is InChI=1S/C23H21N4.C22H19N4.Os/c1-24-16-26(22-12-5-3-10-20(22)24)15-18-8-7-9-19(14-18)27-17-25(2)21-11-4-6-13-23(21)27;1-23-15-25(21-12-5-3-10-19(21)23)17-8-7-9-18(14-17)26-16-24(2)20-11-4-6-13-22(20)26;/h3-13,16-17H,15H2,1-2H3;3-13,15-16H,1-2H3;/q2*-3;+6. The molecule has 0 radical (unpaired) electrons. The van der Waals surface area contributed by atoms with Gasteiger partial charge in [0.2, 0.25) is 0 Å². The van der Waals surface area contributed by atoms with E-state index in [1.807, 2.05) is 0 Å². The van der Waals surface area contributed by atoms with E-state index in [9.17, 15) is 0 Å². The summed E-state index contributed by atoms with van der Waals surface area (Å²) in [5, 5.41) is 0. The quantitative estimate of drug-likeness (QED) is 0.158. The van der Waals surface area contributed by atoms with Crippen LogP contribution < -0.4 is 39.2 Å². The van der Waals surface area contributed by atoms with E-state index in [1.165, 1.54) is 45.5 Å². The molecule has 0 amide bonds. The Hall–Kier alpha value is -5.64. The van der Waals surface area contributed by atoms with Gasteiger partial charge in [-0.3, -0.25) is 0 Å². The molecule has 0 saturated carbocycles. The van der Waals surface area contributed by atoms with Gasteiger partial charge in [0, 0.05) is 45.5 Å². The Bertz CT molecular complexity index is 2200. The minimum atomic E-state index is 0. The van der Waals surface area contributed by atoms with Crippen molar-refractivity contribution in [1.29, 1.82) is 0 Å². The summed E-state index contributed by atoms with van der Waals surface area (Å²) in [6, 6.07) is 53.6. The van der Waals surface area contributed by atoms with Crippen LogP contribution in [0.25, 0.3) is 0 Å². The first kappa shape index (κ1) is 35.4. The Morgan fingerprint density at radius 1 is 0.370 bits per heavy atom. The first-order valence-electron chi connectivity index (χ1n) is 17.8. The van der Waals surface area contributed by atoms with Crippen molar-refractivity contribution in [2.24, 2.45) is 0 Å². The molecule has 0 unspecified atom stereocenters. The number of anilines is 11. The van der Waals surface area contributed by atoms with E-state index < -0.39 is 0 Å². The van der Waals surface area contributed by atoms with Crippen LogP contribution in [-0.4, -0.2) is 28.2 Å². The molecule has 4 aliphatic heterocycles. The molecule has 0 spiro atoms. The van der Waals surface area contributed by atoms with Crippen molar-refractivity contribution < 1.29 is 19.8 Å². The van der Waals surface area contributed by atoms with Crippen LogP contribution in [0.1, 0.15) is 5.56 Å². The van der Waals surface area contributed by atoms with Gasteiger partial charge in [-0.15, -0.1) is 40.8 Å². The number of fused-ring (bicyclic) bond motifs is 4. The fourth-order valence-corrected chi connectivity index (χ4v) is 7.48. The molecule has 6 aromatic rings. The number of benzene rings is 6. The smallest absolute Gasteiger partial charge is 0.504 e. The minimum Gasteiger partial charge on any atom is -0.504 e. The second-order valence-electron chi connectivity index (χ2n) is 13.6. The number of hydrogen-bond acceptors (Lipinski definition) is 8. The molecule has 0 fully saturated rings. The zero-order chi connectivity index (χ0) is 36.1. The Morgan fingerprint density at radius 3 is 1.15 bits per heavy atom. The first-order valence-corrected chi connectivity index (χ1v) is 17.8. The van der Waals surface area contributed by atoms with Gasteiger partial charge in [0.25, 0.3) is 0 Å². The normalized spacial score (nSPS) is 15.1. The molecule has 8 nitrogen and oxygen atoms in total. The fourth-order valence-electron chi connectivity index (χ4n) is 7.48. The van der Waals surface area contributed by atoms with Crippen molar-refractivity contribution in [2.75, 3.05) is 67.4 Å². The molecule has 6 aromatic carbocycles. The third-order valence-corrected chi connectivity index (χ3v) is 10.0. The third kappa shape index (κ3) is 6.37. The van der Waals surface area contributed by atoms with Crippen molar-refractivity contribution in [3.63, 3.8) is 0 Å². The van der Waals surface area contributed by atoms with Crippen LogP contribution in [0.5, 0.6) is 0 Å². The van der Waals surface area contributed by atoms with Gasteiger partial charge in [-0.1, -0.05) is 48.5 Å². The second-order valence-corrected chi connectivity index (χ2v) is 13.6. The fraction of sp³-hybridized carbons (Fsp3) is 0.111. The van der Waals surface area contributed by atoms with E-state index in [1.54, 1.807) is 0 Å². The number of rotatable bonds is 5. The van der Waals surface area contributed by atoms with Crippen molar-refractivity contribution in [2.45, 2.75) is 6.54 Å². The van der Waals surface area contributed by atoms with E-state index in [0.717, 1.165) is 29.2 Å². The predicted octanol–water partition coefficient (Wildman–Crippen LogP) is 9.67. The van der Waals surface area contributed by atoms with Gasteiger partial charge < -0.3 is 39.2 Å². The van der Waals surface area contributed by atoms with Crippen LogP contribution in [0.4, 0.5) is 62.6 Å². The molecule has 0 N–H and O–H groups in total. The maximum Gasteiger partial charge on any atom is 6.00 e. The average molecular weight is 883 g/mol. The number of para-hydroxylation sites is 8. The Labute approximate surface area is 332 Å². The monoisotopic (exact) mass is 884 g/mol. The van der Waals surface area contributed by atoms with Crippen molar-refractivity contribution in [3.8, 4) is 0 Å². The second kappa shape index (κ2) is 14.6. The molecule has 0 saturated heterocycles. The summed E-state index contributed by atoms with van der Waals surface area (Å²) in [7, 11) is 8.31. The summed E-state index contributed by atoms with van der Waals surface area (Å²) in [5.74, 6) is 0. The molecular formula is C45H40N8Os. The molecule has 0 aromatic heterocycles. The zero-order valence-corrected chi connectivity index (χ0v) is 33.2. The van der Waals surface area contributed by atoms with E-state index in [4.69, 9.17) is 0 Å². The van der Waals surface area contributed by atoms with Crippen molar-refractivity contribution >= 4 is 62.6 Å². The number of nitrogens with zero attached hydrogens (tertiary/aromatic N) is 8. The summed E-state index contributed by atoms with van der Waals surface area (Å²) in [6.07, 6.45) is 0. The van der Waals surface area contributed by atoms with Gasteiger partial charge in [0.15, 0.2) is 0 Å². The molecule has 0 aliphatic carbocycles. The molecule has 54 heavy (non-hydrogen) atoms. The molecule has 9 heteroatoms. The van der Waals surface area contributed by atoms with Crippen LogP contribution in [0, 0.1) is 38.8 Å². The van der Waals surface area contributed by atoms with Gasteiger partial charge in [-0.25, -0.2) is 0 Å². The summed E-state index contributed by atoms with van der Waals surface area (Å²) in [5.41, 5.74) is 13.9. The molecule has 10 rings (SSSR count). The van der Waals surface area contributed by atoms with Gasteiger partial charge in [0.05, 0.1) is 0 Å². The van der Waals surface area contributed by atoms with E-state index in [2.05, 4.69) is 240 Å². The SMILES string of the molecule is CN1[CH-]N(Cc2[c-]c(N3[CH-]N(C)c4ccccc43)ccc2)c2ccccc21.CN1[CH-]N(c2[c-]c(N3[CH-]N(C)c4ccccc43)ccc2)c2ccccc21.[Os+6]. The Balaban J connectivity index is 0.000000150. The van der Waals surface area contributed by atoms with E-state index in [0.29, 0.717) is 0 Å². The maximum absolute atomic E-state index is 3.61. The van der Waals surface area contributed by atoms with Gasteiger partial charge in [0.1, 0.15) is 0 Å². The molecule has 4 heterocycles. The van der Waals surface area contributed by atoms with Crippen molar-refractivity contribution in [3.05, 3.63) is 178 Å². The van der Waals surface area contributed by atoms with Crippen LogP contribution in [0.3, 0.4) is 0 Å². The van der Waals surface area contributed by atoms with E-state index in [-0.39, 0.29) is 19.8 Å². The largest absolute Gasteiger partial charge is 6.00 e. The zero-order valence-electron chi connectivity index (χ0n) is 30.6. The van der Waals surface area contributed by atoms with Crippen LogP contribution in [0.2, 0.25) is 0 Å². The Kier molecular flexibility index (Phi) is 9.60. The number of hydrogen-bond donors (Lipinski definition) is 0. The summed E-state index contributed by atoms with van der Waals surface area (Å²) in [4.78, 5) is 17.4. The van der Waals surface area contributed by atoms with Crippen molar-refractivity contribution in [1.82, 2.24) is 0 Å². The first-order chi connectivity index (χ1) is 25.9. The molecule has 4 aliphatic rings. The average Bonchev–Trinajstić information content (AvgIpc) is 3.93.